The third kappa shape index (κ3) is 6.87. The van der Waals surface area contributed by atoms with Crippen LogP contribution < -0.4 is 0 Å². The number of phenolic OH excluding ortho intramolecular Hbond substituents is 1. The third-order valence-corrected chi connectivity index (χ3v) is 7.23. The lowest BCUT2D eigenvalue weighted by Crippen LogP contribution is -2.47. The van der Waals surface area contributed by atoms with Gasteiger partial charge < -0.3 is 10.2 Å². The number of hydrogen-bond donors (Lipinski definition) is 2. The summed E-state index contributed by atoms with van der Waals surface area (Å²) in [5.41, 5.74) is 4.43. The number of nitrogens with zero attached hydrogens (tertiary/aromatic N) is 6. The molecule has 9 heteroatoms. The third-order valence-electron chi connectivity index (χ3n) is 7.23. The lowest BCUT2D eigenvalue weighted by Gasteiger charge is -2.40. The van der Waals surface area contributed by atoms with Crippen LogP contribution in [0.5, 0.6) is 5.75 Å². The van der Waals surface area contributed by atoms with Crippen LogP contribution in [-0.4, -0.2) is 72.4 Å². The van der Waals surface area contributed by atoms with Crippen LogP contribution in [0.1, 0.15) is 42.0 Å². The highest BCUT2D eigenvalue weighted by atomic mass is 16.4. The number of aromatic hydroxyl groups is 1. The first-order valence-electron chi connectivity index (χ1n) is 13.4. The summed E-state index contributed by atoms with van der Waals surface area (Å²) in [7, 11) is 0. The molecule has 39 heavy (non-hydrogen) atoms. The van der Waals surface area contributed by atoms with E-state index in [1.54, 1.807) is 10.7 Å². The van der Waals surface area contributed by atoms with E-state index in [1.165, 1.54) is 5.56 Å². The van der Waals surface area contributed by atoms with Crippen LogP contribution in [0.3, 0.4) is 0 Å². The zero-order valence-corrected chi connectivity index (χ0v) is 21.9. The Hall–Kier alpha value is -4.08. The number of carbonyl (C=O) groups is 1. The molecule has 0 spiro atoms. The molecule has 0 saturated carbocycles. The molecule has 1 aromatic heterocycles. The van der Waals surface area contributed by atoms with Crippen molar-refractivity contribution in [1.29, 1.82) is 0 Å². The van der Waals surface area contributed by atoms with Gasteiger partial charge in [-0.2, -0.15) is 0 Å². The van der Waals surface area contributed by atoms with Gasteiger partial charge in [0.05, 0.1) is 6.04 Å². The van der Waals surface area contributed by atoms with E-state index in [4.69, 9.17) is 5.11 Å². The Morgan fingerprint density at radius 2 is 1.64 bits per heavy atom. The van der Waals surface area contributed by atoms with Crippen molar-refractivity contribution >= 4 is 5.97 Å². The molecule has 5 rings (SSSR count). The van der Waals surface area contributed by atoms with Gasteiger partial charge in [0.15, 0.2) is 5.82 Å². The number of aryl methyl sites for hydroxylation is 1. The first kappa shape index (κ1) is 26.5. The molecule has 0 radical (unpaired) electrons. The maximum atomic E-state index is 10.8. The van der Waals surface area contributed by atoms with E-state index in [0.29, 0.717) is 25.2 Å². The van der Waals surface area contributed by atoms with Gasteiger partial charge in [0, 0.05) is 51.3 Å². The summed E-state index contributed by atoms with van der Waals surface area (Å²) in [6, 6.07) is 26.4. The second-order valence-electron chi connectivity index (χ2n) is 9.99. The Kier molecular flexibility index (Phi) is 8.60. The van der Waals surface area contributed by atoms with Gasteiger partial charge in [-0.3, -0.25) is 14.6 Å². The van der Waals surface area contributed by atoms with Crippen molar-refractivity contribution in [2.45, 2.75) is 38.4 Å². The molecule has 0 aliphatic carbocycles. The van der Waals surface area contributed by atoms with Crippen LogP contribution in [0.25, 0.3) is 11.4 Å². The van der Waals surface area contributed by atoms with Gasteiger partial charge in [-0.1, -0.05) is 66.7 Å². The number of benzene rings is 3. The highest BCUT2D eigenvalue weighted by Gasteiger charge is 2.27. The number of aliphatic carboxylic acids is 1. The van der Waals surface area contributed by atoms with E-state index >= 15 is 0 Å². The monoisotopic (exact) mass is 526 g/mol. The molecule has 3 aromatic carbocycles. The van der Waals surface area contributed by atoms with Gasteiger partial charge >= 0.3 is 5.97 Å². The molecule has 1 aliphatic heterocycles. The number of unbranched alkanes of at least 4 members (excludes halogenated alkanes) is 1. The first-order valence-corrected chi connectivity index (χ1v) is 13.4. The minimum atomic E-state index is -0.790. The second kappa shape index (κ2) is 12.6. The van der Waals surface area contributed by atoms with Crippen LogP contribution in [0.15, 0.2) is 78.9 Å². The molecule has 2 heterocycles. The average Bonchev–Trinajstić information content (AvgIpc) is 3.42. The highest BCUT2D eigenvalue weighted by Crippen LogP contribution is 2.32. The number of phenols is 1. The van der Waals surface area contributed by atoms with Crippen LogP contribution in [-0.2, 0) is 17.9 Å². The summed E-state index contributed by atoms with van der Waals surface area (Å²) in [6.45, 7) is 5.30. The minimum absolute atomic E-state index is 0.0111. The van der Waals surface area contributed by atoms with Crippen LogP contribution in [0, 0.1) is 0 Å². The first-order chi connectivity index (χ1) is 19.1. The van der Waals surface area contributed by atoms with Gasteiger partial charge in [0.25, 0.3) is 0 Å². The fourth-order valence-corrected chi connectivity index (χ4v) is 5.24. The maximum absolute atomic E-state index is 10.8. The van der Waals surface area contributed by atoms with Gasteiger partial charge in [-0.15, -0.1) is 5.10 Å². The zero-order chi connectivity index (χ0) is 27.0. The molecule has 1 aliphatic rings. The number of piperazine rings is 1. The zero-order valence-electron chi connectivity index (χ0n) is 21.9. The molecule has 1 saturated heterocycles. The predicted octanol–water partition coefficient (Wildman–Crippen LogP) is 4.21. The van der Waals surface area contributed by atoms with Crippen LogP contribution in [0.4, 0.5) is 0 Å². The molecule has 0 bridgehead atoms. The van der Waals surface area contributed by atoms with Crippen molar-refractivity contribution in [2.75, 3.05) is 26.2 Å². The molecule has 1 fully saturated rings. The van der Waals surface area contributed by atoms with E-state index in [2.05, 4.69) is 73.9 Å². The quantitative estimate of drug-likeness (QED) is 0.280. The Balaban J connectivity index is 1.31. The maximum Gasteiger partial charge on any atom is 0.303 e. The van der Waals surface area contributed by atoms with Crippen molar-refractivity contribution in [3.63, 3.8) is 0 Å². The molecule has 2 N–H and O–H groups in total. The van der Waals surface area contributed by atoms with Crippen molar-refractivity contribution in [3.8, 4) is 17.1 Å². The molecular weight excluding hydrogens is 492 g/mol. The summed E-state index contributed by atoms with van der Waals surface area (Å²) in [5, 5.41) is 31.3. The number of carboxylic acids is 1. The van der Waals surface area contributed by atoms with Gasteiger partial charge in [0.2, 0.25) is 0 Å². The smallest absolute Gasteiger partial charge is 0.303 e. The topological polar surface area (TPSA) is 108 Å². The van der Waals surface area contributed by atoms with Crippen LogP contribution >= 0.6 is 0 Å². The lowest BCUT2D eigenvalue weighted by atomic mass is 9.95. The summed E-state index contributed by atoms with van der Waals surface area (Å²) in [4.78, 5) is 15.8. The van der Waals surface area contributed by atoms with E-state index in [-0.39, 0.29) is 18.2 Å². The second-order valence-corrected chi connectivity index (χ2v) is 9.99. The summed E-state index contributed by atoms with van der Waals surface area (Å²) >= 11 is 0. The predicted molar refractivity (Wildman–Crippen MR) is 148 cm³/mol. The number of aromatic nitrogens is 4. The summed E-state index contributed by atoms with van der Waals surface area (Å²) < 4.78 is 1.73. The molecule has 0 unspecified atom stereocenters. The van der Waals surface area contributed by atoms with E-state index in [1.807, 2.05) is 24.3 Å². The normalized spacial score (nSPS) is 15.3. The molecule has 1 atom stereocenters. The Bertz CT molecular complexity index is 1350. The minimum Gasteiger partial charge on any atom is -0.508 e. The van der Waals surface area contributed by atoms with Crippen LogP contribution in [0.2, 0.25) is 0 Å². The Morgan fingerprint density at radius 1 is 0.872 bits per heavy atom. The average molecular weight is 527 g/mol. The van der Waals surface area contributed by atoms with E-state index < -0.39 is 5.97 Å². The number of tetrazole rings is 1. The Morgan fingerprint density at radius 3 is 2.36 bits per heavy atom. The highest BCUT2D eigenvalue weighted by molar-refractivity contribution is 5.66. The van der Waals surface area contributed by atoms with E-state index in [0.717, 1.165) is 49.4 Å². The van der Waals surface area contributed by atoms with E-state index in [9.17, 15) is 9.90 Å². The van der Waals surface area contributed by atoms with Crippen molar-refractivity contribution in [2.24, 2.45) is 0 Å². The van der Waals surface area contributed by atoms with Gasteiger partial charge in [-0.25, -0.2) is 4.68 Å². The fraction of sp³-hybridized carbons (Fsp3) is 0.333. The molecule has 9 nitrogen and oxygen atoms in total. The lowest BCUT2D eigenvalue weighted by molar-refractivity contribution is -0.137. The summed E-state index contributed by atoms with van der Waals surface area (Å²) in [6.07, 6.45) is 1.42. The van der Waals surface area contributed by atoms with Gasteiger partial charge in [-0.05, 0) is 52.1 Å². The SMILES string of the molecule is O=C(O)CCCCn1nnnc1-c1ccc([C@@H](c2cccc(O)c2)N2CCN(Cc3ccccc3)CC2)cc1. The standard InChI is InChI=1S/C30H34N6O3/c37-27-10-6-9-26(21-27)29(35-19-17-34(18-20-35)22-23-7-2-1-3-8-23)24-12-14-25(15-13-24)30-31-32-33-36(30)16-5-4-11-28(38)39/h1-3,6-10,12-15,21,29,37H,4-5,11,16-20,22H2,(H,38,39)/t29-/m0/s1. The number of rotatable bonds is 11. The molecular formula is C30H34N6O3. The van der Waals surface area contributed by atoms with Crippen molar-refractivity contribution in [1.82, 2.24) is 30.0 Å². The molecule has 4 aromatic rings. The fourth-order valence-electron chi connectivity index (χ4n) is 5.24. The largest absolute Gasteiger partial charge is 0.508 e. The van der Waals surface area contributed by atoms with Crippen molar-refractivity contribution < 1.29 is 15.0 Å². The Labute approximate surface area is 228 Å². The van der Waals surface area contributed by atoms with Crippen molar-refractivity contribution in [3.05, 3.63) is 95.6 Å². The number of carboxylic acid groups (broad SMARTS) is 1. The van der Waals surface area contributed by atoms with Gasteiger partial charge in [0.1, 0.15) is 5.75 Å². The number of hydrogen-bond acceptors (Lipinski definition) is 7. The summed E-state index contributed by atoms with van der Waals surface area (Å²) in [5.74, 6) is 0.139. The molecule has 202 valence electrons. The molecule has 0 amide bonds.